The Kier molecular flexibility index (Phi) is 4.98. The number of ketones is 1. The first kappa shape index (κ1) is 17.6. The average molecular weight is 347 g/mol. The van der Waals surface area contributed by atoms with Gasteiger partial charge in [-0.2, -0.15) is 5.10 Å². The van der Waals surface area contributed by atoms with Crippen LogP contribution in [0.15, 0.2) is 54.6 Å². The summed E-state index contributed by atoms with van der Waals surface area (Å²) in [5.74, 6) is -1.14. The van der Waals surface area contributed by atoms with E-state index in [9.17, 15) is 9.59 Å². The summed E-state index contributed by atoms with van der Waals surface area (Å²) in [7, 11) is 0. The maximum atomic E-state index is 12.2. The topological polar surface area (TPSA) is 64.0 Å². The van der Waals surface area contributed by atoms with Gasteiger partial charge in [-0.25, -0.2) is 4.68 Å². The molecule has 3 aromatic rings. The van der Waals surface area contributed by atoms with Crippen LogP contribution in [0.1, 0.15) is 32.9 Å². The van der Waals surface area contributed by atoms with Crippen LogP contribution >= 0.6 is 0 Å². The quantitative estimate of drug-likeness (QED) is 0.569. The summed E-state index contributed by atoms with van der Waals surface area (Å²) < 4.78 is 1.85. The van der Waals surface area contributed by atoms with Crippen molar-refractivity contribution in [1.82, 2.24) is 15.1 Å². The second-order valence-corrected chi connectivity index (χ2v) is 6.27. The molecule has 132 valence electrons. The van der Waals surface area contributed by atoms with Gasteiger partial charge in [-0.15, -0.1) is 0 Å². The highest BCUT2D eigenvalue weighted by Crippen LogP contribution is 2.17. The van der Waals surface area contributed by atoms with Crippen LogP contribution in [0.4, 0.5) is 0 Å². The first-order chi connectivity index (χ1) is 12.5. The third-order valence-electron chi connectivity index (χ3n) is 4.39. The number of hydrogen-bond acceptors (Lipinski definition) is 3. The first-order valence-electron chi connectivity index (χ1n) is 8.47. The lowest BCUT2D eigenvalue weighted by atomic mass is 10.1. The van der Waals surface area contributed by atoms with Gasteiger partial charge in [-0.3, -0.25) is 9.59 Å². The fraction of sp³-hybridized carbons (Fsp3) is 0.190. The number of carbonyl (C=O) groups excluding carboxylic acids is 2. The van der Waals surface area contributed by atoms with Crippen molar-refractivity contribution in [2.24, 2.45) is 0 Å². The van der Waals surface area contributed by atoms with E-state index in [4.69, 9.17) is 0 Å². The minimum Gasteiger partial charge on any atom is -0.345 e. The molecule has 0 radical (unpaired) electrons. The van der Waals surface area contributed by atoms with Crippen molar-refractivity contribution in [2.45, 2.75) is 27.3 Å². The summed E-state index contributed by atoms with van der Waals surface area (Å²) >= 11 is 0. The Morgan fingerprint density at radius 2 is 1.62 bits per heavy atom. The van der Waals surface area contributed by atoms with Gasteiger partial charge in [-0.1, -0.05) is 48.0 Å². The predicted molar refractivity (Wildman–Crippen MR) is 100 cm³/mol. The van der Waals surface area contributed by atoms with E-state index in [0.29, 0.717) is 5.56 Å². The molecule has 26 heavy (non-hydrogen) atoms. The lowest BCUT2D eigenvalue weighted by Gasteiger charge is -2.07. The summed E-state index contributed by atoms with van der Waals surface area (Å²) in [5.41, 5.74) is 5.08. The molecule has 0 saturated heterocycles. The molecule has 1 aromatic heterocycles. The van der Waals surface area contributed by atoms with Crippen molar-refractivity contribution in [3.8, 4) is 5.69 Å². The monoisotopic (exact) mass is 347 g/mol. The van der Waals surface area contributed by atoms with Crippen molar-refractivity contribution >= 4 is 11.7 Å². The van der Waals surface area contributed by atoms with E-state index >= 15 is 0 Å². The molecule has 0 aliphatic heterocycles. The van der Waals surface area contributed by atoms with Gasteiger partial charge in [0, 0.05) is 23.4 Å². The first-order valence-corrected chi connectivity index (χ1v) is 8.47. The van der Waals surface area contributed by atoms with Crippen molar-refractivity contribution < 1.29 is 9.59 Å². The predicted octanol–water partition coefficient (Wildman–Crippen LogP) is 3.30. The van der Waals surface area contributed by atoms with Gasteiger partial charge in [0.05, 0.1) is 11.4 Å². The number of amides is 1. The van der Waals surface area contributed by atoms with Crippen molar-refractivity contribution in [2.75, 3.05) is 0 Å². The molecule has 0 unspecified atom stereocenters. The summed E-state index contributed by atoms with van der Waals surface area (Å²) in [6.45, 7) is 6.05. The normalized spacial score (nSPS) is 10.6. The highest BCUT2D eigenvalue weighted by molar-refractivity contribution is 6.42. The highest BCUT2D eigenvalue weighted by atomic mass is 16.2. The molecule has 1 heterocycles. The van der Waals surface area contributed by atoms with E-state index in [-0.39, 0.29) is 6.54 Å². The summed E-state index contributed by atoms with van der Waals surface area (Å²) in [4.78, 5) is 24.5. The average Bonchev–Trinajstić information content (AvgIpc) is 2.94. The molecule has 5 heteroatoms. The molecule has 0 fully saturated rings. The SMILES string of the molecule is Cc1ccc(C(=O)C(=O)NCc2c(C)nn(-c3ccccc3)c2C)cc1. The lowest BCUT2D eigenvalue weighted by Crippen LogP contribution is -2.30. The Balaban J connectivity index is 1.74. The van der Waals surface area contributed by atoms with Gasteiger partial charge in [0.25, 0.3) is 5.91 Å². The third kappa shape index (κ3) is 3.57. The molecule has 0 aliphatic carbocycles. The number of carbonyl (C=O) groups is 2. The van der Waals surface area contributed by atoms with Gasteiger partial charge in [0.15, 0.2) is 0 Å². The molecule has 3 rings (SSSR count). The number of rotatable bonds is 5. The molecule has 0 saturated carbocycles. The Morgan fingerprint density at radius 3 is 2.27 bits per heavy atom. The maximum absolute atomic E-state index is 12.2. The summed E-state index contributed by atoms with van der Waals surface area (Å²) in [6, 6.07) is 16.8. The number of para-hydroxylation sites is 1. The number of aryl methyl sites for hydroxylation is 2. The summed E-state index contributed by atoms with van der Waals surface area (Å²) in [5, 5.41) is 7.27. The molecule has 1 amide bonds. The van der Waals surface area contributed by atoms with Gasteiger partial charge in [0.2, 0.25) is 5.78 Å². The van der Waals surface area contributed by atoms with E-state index in [1.165, 1.54) is 0 Å². The van der Waals surface area contributed by atoms with Crippen LogP contribution in [0, 0.1) is 20.8 Å². The van der Waals surface area contributed by atoms with Crippen molar-refractivity contribution in [1.29, 1.82) is 0 Å². The highest BCUT2D eigenvalue weighted by Gasteiger charge is 2.18. The molecule has 1 N–H and O–H groups in total. The lowest BCUT2D eigenvalue weighted by molar-refractivity contribution is -0.117. The van der Waals surface area contributed by atoms with Crippen LogP contribution in [0.2, 0.25) is 0 Å². The Morgan fingerprint density at radius 1 is 0.962 bits per heavy atom. The number of nitrogens with one attached hydrogen (secondary N) is 1. The van der Waals surface area contributed by atoms with Gasteiger partial charge >= 0.3 is 0 Å². The largest absolute Gasteiger partial charge is 0.345 e. The van der Waals surface area contributed by atoms with E-state index in [2.05, 4.69) is 10.4 Å². The molecule has 2 aromatic carbocycles. The fourth-order valence-electron chi connectivity index (χ4n) is 2.84. The fourth-order valence-corrected chi connectivity index (χ4v) is 2.84. The zero-order valence-corrected chi connectivity index (χ0v) is 15.1. The molecule has 0 spiro atoms. The van der Waals surface area contributed by atoms with Crippen molar-refractivity contribution in [3.05, 3.63) is 82.7 Å². The molecular formula is C21H21N3O2. The number of Topliss-reactive ketones (excluding diaryl/α,β-unsaturated/α-hetero) is 1. The van der Waals surface area contributed by atoms with Gasteiger partial charge in [0.1, 0.15) is 0 Å². The van der Waals surface area contributed by atoms with Crippen LogP contribution < -0.4 is 5.32 Å². The zero-order chi connectivity index (χ0) is 18.7. The smallest absolute Gasteiger partial charge is 0.292 e. The van der Waals surface area contributed by atoms with E-state index in [1.54, 1.807) is 12.1 Å². The van der Waals surface area contributed by atoms with E-state index < -0.39 is 11.7 Å². The number of nitrogens with zero attached hydrogens (tertiary/aromatic N) is 2. The second-order valence-electron chi connectivity index (χ2n) is 6.27. The van der Waals surface area contributed by atoms with Crippen LogP contribution in [-0.4, -0.2) is 21.5 Å². The van der Waals surface area contributed by atoms with Crippen molar-refractivity contribution in [3.63, 3.8) is 0 Å². The van der Waals surface area contributed by atoms with E-state index in [1.807, 2.05) is 67.9 Å². The van der Waals surface area contributed by atoms with Crippen LogP contribution in [0.3, 0.4) is 0 Å². The number of aromatic nitrogens is 2. The van der Waals surface area contributed by atoms with Gasteiger partial charge in [-0.05, 0) is 32.9 Å². The summed E-state index contributed by atoms with van der Waals surface area (Å²) in [6.07, 6.45) is 0. The number of hydrogen-bond donors (Lipinski definition) is 1. The minimum absolute atomic E-state index is 0.265. The zero-order valence-electron chi connectivity index (χ0n) is 15.1. The standard InChI is InChI=1S/C21H21N3O2/c1-14-9-11-17(12-10-14)20(25)21(26)22-13-19-15(2)23-24(16(19)3)18-7-5-4-6-8-18/h4-12H,13H2,1-3H3,(H,22,26). The third-order valence-corrected chi connectivity index (χ3v) is 4.39. The van der Waals surface area contributed by atoms with Crippen LogP contribution in [-0.2, 0) is 11.3 Å². The minimum atomic E-state index is -0.611. The second kappa shape index (κ2) is 7.35. The molecule has 0 atom stereocenters. The molecule has 0 aliphatic rings. The van der Waals surface area contributed by atoms with Gasteiger partial charge < -0.3 is 5.32 Å². The van der Waals surface area contributed by atoms with E-state index in [0.717, 1.165) is 28.2 Å². The Labute approximate surface area is 152 Å². The number of benzene rings is 2. The van der Waals surface area contributed by atoms with Crippen LogP contribution in [0.5, 0.6) is 0 Å². The Bertz CT molecular complexity index is 941. The maximum Gasteiger partial charge on any atom is 0.292 e. The molecule has 0 bridgehead atoms. The Hall–Kier alpha value is -3.21. The molecular weight excluding hydrogens is 326 g/mol. The molecule has 5 nitrogen and oxygen atoms in total. The van der Waals surface area contributed by atoms with Crippen LogP contribution in [0.25, 0.3) is 5.69 Å².